The highest BCUT2D eigenvalue weighted by molar-refractivity contribution is 7.90. The van der Waals surface area contributed by atoms with E-state index in [1.165, 1.54) is 18.2 Å². The lowest BCUT2D eigenvalue weighted by molar-refractivity contribution is -0.257. The first kappa shape index (κ1) is 41.4. The predicted molar refractivity (Wildman–Crippen MR) is 199 cm³/mol. The summed E-state index contributed by atoms with van der Waals surface area (Å²) in [7, 11) is -2.42. The number of fused-ring (bicyclic) bond motifs is 3. The minimum absolute atomic E-state index is 0.0190. The first-order valence-electron chi connectivity index (χ1n) is 19.2. The number of nitrogens with zero attached hydrogens (tertiary/aromatic N) is 2. The third-order valence-electron chi connectivity index (χ3n) is 11.8. The number of hydrogen-bond acceptors (Lipinski definition) is 10. The SMILES string of the molecule is COc1cnc(O[C@@H]2C[C@H]3C(=O)C[C@]4(C(=O)NS(=O)(=O)C5CC5)C[C@H]4/C=C\[C@@H](C)CCC[C@@H](C)[C@H](CC(=O)OC(C)(C)C(F)(F)F)C(=O)N3C2)c2ccccc12. The molecule has 4 aliphatic rings. The molecule has 16 heteroatoms. The van der Waals surface area contributed by atoms with E-state index in [1.54, 1.807) is 19.1 Å². The first-order chi connectivity index (χ1) is 26.3. The largest absolute Gasteiger partial charge is 0.494 e. The van der Waals surface area contributed by atoms with E-state index in [0.29, 0.717) is 48.6 Å². The number of alkyl halides is 3. The van der Waals surface area contributed by atoms with Crippen LogP contribution in [0.15, 0.2) is 42.6 Å². The van der Waals surface area contributed by atoms with Crippen molar-refractivity contribution < 1.29 is 55.0 Å². The molecular formula is C40H50F3N3O9S. The zero-order valence-corrected chi connectivity index (χ0v) is 33.1. The van der Waals surface area contributed by atoms with Gasteiger partial charge in [0.25, 0.3) is 0 Å². The van der Waals surface area contributed by atoms with E-state index in [4.69, 9.17) is 14.2 Å². The lowest BCUT2D eigenvalue weighted by atomic mass is 9.84. The molecule has 1 N–H and O–H groups in total. The Balaban J connectivity index is 1.35. The molecule has 56 heavy (non-hydrogen) atoms. The van der Waals surface area contributed by atoms with Crippen LogP contribution in [0.2, 0.25) is 0 Å². The normalized spacial score (nSPS) is 29.7. The Hall–Kier alpha value is -4.21. The minimum Gasteiger partial charge on any atom is -0.494 e. The Morgan fingerprint density at radius 2 is 1.73 bits per heavy atom. The molecule has 0 unspecified atom stereocenters. The molecule has 0 spiro atoms. The minimum atomic E-state index is -4.86. The van der Waals surface area contributed by atoms with Gasteiger partial charge in [-0.05, 0) is 69.8 Å². The Kier molecular flexibility index (Phi) is 11.6. The van der Waals surface area contributed by atoms with E-state index in [1.807, 2.05) is 31.2 Å². The fourth-order valence-electron chi connectivity index (χ4n) is 7.93. The number of carbonyl (C=O) groups excluding carboxylic acids is 4. The van der Waals surface area contributed by atoms with Crippen molar-refractivity contribution >= 4 is 44.4 Å². The Morgan fingerprint density at radius 1 is 1.04 bits per heavy atom. The van der Waals surface area contributed by atoms with Crippen LogP contribution < -0.4 is 14.2 Å². The molecule has 1 aromatic carbocycles. The van der Waals surface area contributed by atoms with Crippen LogP contribution in [0, 0.1) is 29.1 Å². The molecule has 12 nitrogen and oxygen atoms in total. The number of allylic oxidation sites excluding steroid dienone is 2. The molecule has 1 saturated heterocycles. The molecule has 7 atom stereocenters. The third kappa shape index (κ3) is 8.69. The van der Waals surface area contributed by atoms with Crippen LogP contribution in [-0.4, -0.2) is 84.7 Å². The maximum absolute atomic E-state index is 14.7. The van der Waals surface area contributed by atoms with Gasteiger partial charge in [0.15, 0.2) is 5.78 Å². The van der Waals surface area contributed by atoms with Crippen molar-refractivity contribution in [2.24, 2.45) is 29.1 Å². The monoisotopic (exact) mass is 805 g/mol. The number of halogens is 3. The maximum atomic E-state index is 14.7. The Bertz CT molecular complexity index is 2000. The summed E-state index contributed by atoms with van der Waals surface area (Å²) < 4.78 is 86.0. The van der Waals surface area contributed by atoms with E-state index in [9.17, 15) is 40.8 Å². The average molecular weight is 806 g/mol. The number of methoxy groups -OCH3 is 1. The van der Waals surface area contributed by atoms with Crippen LogP contribution in [0.25, 0.3) is 10.8 Å². The highest BCUT2D eigenvalue weighted by Crippen LogP contribution is 2.57. The molecule has 0 bridgehead atoms. The third-order valence-corrected chi connectivity index (χ3v) is 13.7. The van der Waals surface area contributed by atoms with E-state index in [0.717, 1.165) is 13.8 Å². The van der Waals surface area contributed by atoms with Crippen LogP contribution in [0.3, 0.4) is 0 Å². The van der Waals surface area contributed by atoms with Gasteiger partial charge < -0.3 is 19.1 Å². The quantitative estimate of drug-likeness (QED) is 0.233. The molecule has 6 rings (SSSR count). The predicted octanol–water partition coefficient (Wildman–Crippen LogP) is 6.07. The smallest absolute Gasteiger partial charge is 0.427 e. The van der Waals surface area contributed by atoms with Gasteiger partial charge in [-0.15, -0.1) is 0 Å². The number of ether oxygens (including phenoxy) is 3. The molecule has 2 saturated carbocycles. The summed E-state index contributed by atoms with van der Waals surface area (Å²) in [5.41, 5.74) is -4.17. The van der Waals surface area contributed by atoms with Crippen LogP contribution in [0.5, 0.6) is 11.6 Å². The number of ketones is 1. The molecule has 1 aromatic heterocycles. The van der Waals surface area contributed by atoms with Gasteiger partial charge in [-0.2, -0.15) is 13.2 Å². The highest BCUT2D eigenvalue weighted by atomic mass is 32.2. The van der Waals surface area contributed by atoms with Gasteiger partial charge in [0.05, 0.1) is 48.9 Å². The molecule has 2 aliphatic heterocycles. The van der Waals surface area contributed by atoms with Crippen LogP contribution in [0.1, 0.15) is 85.5 Å². The van der Waals surface area contributed by atoms with Crippen molar-refractivity contribution in [1.29, 1.82) is 0 Å². The zero-order chi connectivity index (χ0) is 40.8. The van der Waals surface area contributed by atoms with Gasteiger partial charge in [-0.3, -0.25) is 23.9 Å². The van der Waals surface area contributed by atoms with Crippen molar-refractivity contribution in [3.63, 3.8) is 0 Å². The number of esters is 1. The number of carbonyl (C=O) groups is 4. The fourth-order valence-corrected chi connectivity index (χ4v) is 9.32. The summed E-state index contributed by atoms with van der Waals surface area (Å²) >= 11 is 0. The molecule has 3 heterocycles. The zero-order valence-electron chi connectivity index (χ0n) is 32.3. The lowest BCUT2D eigenvalue weighted by Crippen LogP contribution is -2.48. The molecule has 306 valence electrons. The number of benzene rings is 1. The maximum Gasteiger partial charge on any atom is 0.427 e. The highest BCUT2D eigenvalue weighted by Gasteiger charge is 2.62. The van der Waals surface area contributed by atoms with Gasteiger partial charge in [-0.25, -0.2) is 13.4 Å². The van der Waals surface area contributed by atoms with Crippen molar-refractivity contribution in [3.8, 4) is 11.6 Å². The molecule has 0 radical (unpaired) electrons. The van der Waals surface area contributed by atoms with Crippen LogP contribution >= 0.6 is 0 Å². The lowest BCUT2D eigenvalue weighted by Gasteiger charge is -2.32. The summed E-state index contributed by atoms with van der Waals surface area (Å²) in [6, 6.07) is 6.07. The second kappa shape index (κ2) is 15.6. The van der Waals surface area contributed by atoms with Crippen molar-refractivity contribution in [1.82, 2.24) is 14.6 Å². The second-order valence-electron chi connectivity index (χ2n) is 16.5. The van der Waals surface area contributed by atoms with E-state index in [-0.39, 0.29) is 37.6 Å². The number of nitrogens with one attached hydrogen (secondary N) is 1. The van der Waals surface area contributed by atoms with Crippen molar-refractivity contribution in [3.05, 3.63) is 42.6 Å². The number of rotatable bonds is 9. The summed E-state index contributed by atoms with van der Waals surface area (Å²) in [6.07, 6.45) is 1.46. The summed E-state index contributed by atoms with van der Waals surface area (Å²) in [4.78, 5) is 62.1. The summed E-state index contributed by atoms with van der Waals surface area (Å²) in [5.74, 6) is -4.40. The number of sulfonamides is 1. The average Bonchev–Trinajstić information content (AvgIpc) is 4.05. The Labute approximate surface area is 324 Å². The van der Waals surface area contributed by atoms with Crippen molar-refractivity contribution in [2.75, 3.05) is 13.7 Å². The first-order valence-corrected chi connectivity index (χ1v) is 20.8. The van der Waals surface area contributed by atoms with E-state index in [2.05, 4.69) is 9.71 Å². The molecule has 2 aliphatic carbocycles. The molecule has 2 amide bonds. The number of pyridine rings is 1. The standard InChI is InChI=1S/C40H50F3N3O9S/c1-23-9-8-10-24(2)30(18-34(48)55-38(3,4)40(41,42)43)36(49)46-22-26(54-35-29-12-7-6-11-28(29)33(53-5)21-44-35)17-31(46)32(47)20-39(19-25(39)14-13-23)37(50)45-56(51,52)27-15-16-27/h6-7,11-14,21,23-27,30-31H,8-10,15-20,22H2,1-5H3,(H,45,50)/b14-13-/t23-,24+,25+,26+,30-,31-,39+/m0/s1. The molecule has 2 aromatic rings. The van der Waals surface area contributed by atoms with Crippen molar-refractivity contribution in [2.45, 2.75) is 115 Å². The number of Topliss-reactive ketones (excluding diaryl/α,β-unsaturated/α-hetero) is 1. The molecular weight excluding hydrogens is 756 g/mol. The van der Waals surface area contributed by atoms with Gasteiger partial charge in [-0.1, -0.05) is 50.6 Å². The number of hydrogen-bond donors (Lipinski definition) is 1. The fraction of sp³-hybridized carbons (Fsp3) is 0.625. The number of amides is 2. The van der Waals surface area contributed by atoms with E-state index >= 15 is 0 Å². The second-order valence-corrected chi connectivity index (χ2v) is 18.5. The van der Waals surface area contributed by atoms with Crippen LogP contribution in [-0.2, 0) is 33.9 Å². The topological polar surface area (TPSA) is 158 Å². The van der Waals surface area contributed by atoms with Gasteiger partial charge in [0.2, 0.25) is 33.3 Å². The van der Waals surface area contributed by atoms with Gasteiger partial charge >= 0.3 is 12.1 Å². The summed E-state index contributed by atoms with van der Waals surface area (Å²) in [6.45, 7) is 5.08. The molecule has 3 fully saturated rings. The van der Waals surface area contributed by atoms with Crippen LogP contribution in [0.4, 0.5) is 13.2 Å². The Morgan fingerprint density at radius 3 is 2.39 bits per heavy atom. The summed E-state index contributed by atoms with van der Waals surface area (Å²) in [5, 5.41) is 0.666. The van der Waals surface area contributed by atoms with Gasteiger partial charge in [0.1, 0.15) is 11.9 Å². The van der Waals surface area contributed by atoms with Gasteiger partial charge in [0, 0.05) is 23.6 Å². The van der Waals surface area contributed by atoms with E-state index < -0.39 is 92.4 Å². The number of aromatic nitrogens is 1.